The maximum atomic E-state index is 13.1. The maximum Gasteiger partial charge on any atom is 0.124 e. The molecule has 3 heteroatoms. The molecule has 1 N–H and O–H groups in total. The van der Waals surface area contributed by atoms with Gasteiger partial charge in [0.25, 0.3) is 0 Å². The number of halogens is 1. The molecule has 0 aliphatic rings. The van der Waals surface area contributed by atoms with Crippen LogP contribution < -0.4 is 5.32 Å². The van der Waals surface area contributed by atoms with Crippen molar-refractivity contribution in [3.8, 4) is 0 Å². The van der Waals surface area contributed by atoms with E-state index in [2.05, 4.69) is 23.5 Å². The highest BCUT2D eigenvalue weighted by Crippen LogP contribution is 2.26. The van der Waals surface area contributed by atoms with Crippen LogP contribution in [0.5, 0.6) is 0 Å². The van der Waals surface area contributed by atoms with E-state index in [-0.39, 0.29) is 5.82 Å². The molecule has 0 unspecified atom stereocenters. The second-order valence-electron chi connectivity index (χ2n) is 4.48. The number of nitrogens with one attached hydrogen (secondary N) is 1. The molecule has 0 bridgehead atoms. The molecule has 1 aromatic heterocycles. The predicted molar refractivity (Wildman–Crippen MR) is 78.8 cm³/mol. The molecule has 3 rings (SSSR count). The SMILES string of the molecule is Fc1ccc2cc(CNCc3ccccc3)sc2c1. The standard InChI is InChI=1S/C16H14FNS/c17-14-7-6-13-8-15(19-16(13)9-14)11-18-10-12-4-2-1-3-5-12/h1-9,18H,10-11H2. The van der Waals surface area contributed by atoms with Crippen LogP contribution in [0.1, 0.15) is 10.4 Å². The van der Waals surface area contributed by atoms with Gasteiger partial charge in [-0.3, -0.25) is 0 Å². The van der Waals surface area contributed by atoms with Crippen LogP contribution in [-0.4, -0.2) is 0 Å². The van der Waals surface area contributed by atoms with Gasteiger partial charge in [-0.15, -0.1) is 11.3 Å². The number of hydrogen-bond acceptors (Lipinski definition) is 2. The molecule has 2 aromatic carbocycles. The Morgan fingerprint density at radius 2 is 1.79 bits per heavy atom. The van der Waals surface area contributed by atoms with E-state index < -0.39 is 0 Å². The van der Waals surface area contributed by atoms with E-state index in [1.165, 1.54) is 16.5 Å². The lowest BCUT2D eigenvalue weighted by molar-refractivity contribution is 0.630. The van der Waals surface area contributed by atoms with Gasteiger partial charge >= 0.3 is 0 Å². The number of fused-ring (bicyclic) bond motifs is 1. The molecule has 0 aliphatic carbocycles. The first-order chi connectivity index (χ1) is 9.31. The third kappa shape index (κ3) is 3.00. The zero-order chi connectivity index (χ0) is 13.1. The summed E-state index contributed by atoms with van der Waals surface area (Å²) < 4.78 is 14.1. The molecule has 0 radical (unpaired) electrons. The van der Waals surface area contributed by atoms with Crippen molar-refractivity contribution >= 4 is 21.4 Å². The van der Waals surface area contributed by atoms with Gasteiger partial charge in [0.2, 0.25) is 0 Å². The van der Waals surface area contributed by atoms with Gasteiger partial charge in [0.05, 0.1) is 0 Å². The molecular formula is C16H14FNS. The van der Waals surface area contributed by atoms with Crippen LogP contribution in [0.3, 0.4) is 0 Å². The quantitative estimate of drug-likeness (QED) is 0.744. The predicted octanol–water partition coefficient (Wildman–Crippen LogP) is 4.33. The number of thiophene rings is 1. The second kappa shape index (κ2) is 5.51. The minimum absolute atomic E-state index is 0.168. The Balaban J connectivity index is 1.65. The summed E-state index contributed by atoms with van der Waals surface area (Å²) in [6, 6.07) is 17.4. The molecule has 0 spiro atoms. The maximum absolute atomic E-state index is 13.1. The zero-order valence-electron chi connectivity index (χ0n) is 10.4. The Morgan fingerprint density at radius 3 is 2.63 bits per heavy atom. The molecular weight excluding hydrogens is 257 g/mol. The monoisotopic (exact) mass is 271 g/mol. The van der Waals surface area contributed by atoms with Crippen LogP contribution in [0.25, 0.3) is 10.1 Å². The van der Waals surface area contributed by atoms with Crippen molar-refractivity contribution in [2.75, 3.05) is 0 Å². The van der Waals surface area contributed by atoms with Crippen LogP contribution in [0.4, 0.5) is 4.39 Å². The Hall–Kier alpha value is -1.71. The largest absolute Gasteiger partial charge is 0.308 e. The number of benzene rings is 2. The van der Waals surface area contributed by atoms with E-state index in [0.717, 1.165) is 23.2 Å². The molecule has 0 saturated heterocycles. The Bertz CT molecular complexity index is 676. The number of rotatable bonds is 4. The van der Waals surface area contributed by atoms with Crippen LogP contribution in [0.2, 0.25) is 0 Å². The van der Waals surface area contributed by atoms with E-state index in [1.807, 2.05) is 24.3 Å². The van der Waals surface area contributed by atoms with Gasteiger partial charge in [0.15, 0.2) is 0 Å². The minimum atomic E-state index is -0.168. The Labute approximate surface area is 115 Å². The van der Waals surface area contributed by atoms with Gasteiger partial charge in [-0.25, -0.2) is 4.39 Å². The van der Waals surface area contributed by atoms with Gasteiger partial charge in [-0.2, -0.15) is 0 Å². The first kappa shape index (κ1) is 12.3. The van der Waals surface area contributed by atoms with Crippen molar-refractivity contribution in [3.05, 3.63) is 70.9 Å². The van der Waals surface area contributed by atoms with Crippen LogP contribution in [0, 0.1) is 5.82 Å². The fourth-order valence-electron chi connectivity index (χ4n) is 2.07. The third-order valence-electron chi connectivity index (χ3n) is 3.00. The van der Waals surface area contributed by atoms with Gasteiger partial charge in [-0.1, -0.05) is 36.4 Å². The Morgan fingerprint density at radius 1 is 0.947 bits per heavy atom. The topological polar surface area (TPSA) is 12.0 Å². The van der Waals surface area contributed by atoms with E-state index >= 15 is 0 Å². The van der Waals surface area contributed by atoms with Crippen LogP contribution in [0.15, 0.2) is 54.6 Å². The lowest BCUT2D eigenvalue weighted by Gasteiger charge is -2.02. The van der Waals surface area contributed by atoms with Crippen molar-refractivity contribution < 1.29 is 4.39 Å². The Kier molecular flexibility index (Phi) is 3.58. The molecule has 0 aliphatic heterocycles. The fourth-order valence-corrected chi connectivity index (χ4v) is 3.13. The lowest BCUT2D eigenvalue weighted by atomic mass is 10.2. The van der Waals surface area contributed by atoms with Crippen LogP contribution >= 0.6 is 11.3 Å². The average molecular weight is 271 g/mol. The van der Waals surface area contributed by atoms with Crippen molar-refractivity contribution in [2.24, 2.45) is 0 Å². The van der Waals surface area contributed by atoms with Gasteiger partial charge in [0, 0.05) is 22.7 Å². The van der Waals surface area contributed by atoms with Crippen molar-refractivity contribution in [3.63, 3.8) is 0 Å². The zero-order valence-corrected chi connectivity index (χ0v) is 11.2. The lowest BCUT2D eigenvalue weighted by Crippen LogP contribution is -2.11. The molecule has 0 atom stereocenters. The molecule has 0 saturated carbocycles. The molecule has 1 heterocycles. The van der Waals surface area contributed by atoms with Gasteiger partial charge < -0.3 is 5.32 Å². The smallest absolute Gasteiger partial charge is 0.124 e. The average Bonchev–Trinajstić information content (AvgIpc) is 2.82. The third-order valence-corrected chi connectivity index (χ3v) is 4.10. The highest BCUT2D eigenvalue weighted by molar-refractivity contribution is 7.19. The summed E-state index contributed by atoms with van der Waals surface area (Å²) >= 11 is 1.64. The van der Waals surface area contributed by atoms with E-state index in [1.54, 1.807) is 17.4 Å². The summed E-state index contributed by atoms with van der Waals surface area (Å²) in [6.07, 6.45) is 0. The fraction of sp³-hybridized carbons (Fsp3) is 0.125. The summed E-state index contributed by atoms with van der Waals surface area (Å²) in [5, 5.41) is 4.52. The number of hydrogen-bond donors (Lipinski definition) is 1. The summed E-state index contributed by atoms with van der Waals surface area (Å²) in [5.41, 5.74) is 1.27. The van der Waals surface area contributed by atoms with E-state index in [4.69, 9.17) is 0 Å². The highest BCUT2D eigenvalue weighted by atomic mass is 32.1. The van der Waals surface area contributed by atoms with Crippen LogP contribution in [-0.2, 0) is 13.1 Å². The van der Waals surface area contributed by atoms with Crippen molar-refractivity contribution in [2.45, 2.75) is 13.1 Å². The summed E-state index contributed by atoms with van der Waals surface area (Å²) in [7, 11) is 0. The highest BCUT2D eigenvalue weighted by Gasteiger charge is 2.02. The van der Waals surface area contributed by atoms with Crippen molar-refractivity contribution in [1.29, 1.82) is 0 Å². The first-order valence-electron chi connectivity index (χ1n) is 6.24. The summed E-state index contributed by atoms with van der Waals surface area (Å²) in [6.45, 7) is 1.67. The minimum Gasteiger partial charge on any atom is -0.308 e. The normalized spacial score (nSPS) is 11.0. The summed E-state index contributed by atoms with van der Waals surface area (Å²) in [4.78, 5) is 1.23. The molecule has 0 fully saturated rings. The summed E-state index contributed by atoms with van der Waals surface area (Å²) in [5.74, 6) is -0.168. The van der Waals surface area contributed by atoms with E-state index in [9.17, 15) is 4.39 Å². The van der Waals surface area contributed by atoms with Gasteiger partial charge in [-0.05, 0) is 29.1 Å². The molecule has 96 valence electrons. The van der Waals surface area contributed by atoms with Gasteiger partial charge in [0.1, 0.15) is 5.82 Å². The van der Waals surface area contributed by atoms with E-state index in [0.29, 0.717) is 0 Å². The molecule has 1 nitrogen and oxygen atoms in total. The molecule has 19 heavy (non-hydrogen) atoms. The first-order valence-corrected chi connectivity index (χ1v) is 7.05. The molecule has 0 amide bonds. The second-order valence-corrected chi connectivity index (χ2v) is 5.65. The molecule has 3 aromatic rings. The van der Waals surface area contributed by atoms with Crippen molar-refractivity contribution in [1.82, 2.24) is 5.32 Å².